The van der Waals surface area contributed by atoms with Crippen molar-refractivity contribution in [2.75, 3.05) is 16.8 Å². The predicted octanol–water partition coefficient (Wildman–Crippen LogP) is 4.05. The molecule has 0 saturated carbocycles. The van der Waals surface area contributed by atoms with Crippen molar-refractivity contribution in [3.05, 3.63) is 57.5 Å². The van der Waals surface area contributed by atoms with Crippen LogP contribution in [0.4, 0.5) is 24.5 Å². The number of nitrogens with zero attached hydrogens (tertiary/aromatic N) is 4. The van der Waals surface area contributed by atoms with Crippen LogP contribution in [0.15, 0.2) is 57.3 Å². The lowest BCUT2D eigenvalue weighted by atomic mass is 10.1. The molecule has 2 aromatic rings. The SMILES string of the molecule is O=C(CN1N=N[C@@H]2C(=O)N(c3ccc(Br)cc3)C(=O)[C@@H]21)Nc1cc(C(F)(F)F)ccc1Cl. The molecule has 1 fully saturated rings. The van der Waals surface area contributed by atoms with Gasteiger partial charge in [0, 0.05) is 4.47 Å². The van der Waals surface area contributed by atoms with Gasteiger partial charge in [-0.05, 0) is 42.5 Å². The standard InChI is InChI=1S/C19H12BrClF3N5O3/c20-10-2-4-11(5-3-10)29-17(31)15-16(18(29)32)28(27-26-15)8-14(30)25-13-7-9(19(22,23)24)1-6-12(13)21/h1-7,15-16H,8H2,(H,25,30)/t15-,16+/m0/s1. The summed E-state index contributed by atoms with van der Waals surface area (Å²) in [5, 5.41) is 10.7. The number of hydrogen-bond acceptors (Lipinski definition) is 6. The first-order chi connectivity index (χ1) is 15.1. The van der Waals surface area contributed by atoms with Crippen LogP contribution in [0, 0.1) is 0 Å². The third-order valence-corrected chi connectivity index (χ3v) is 5.67. The molecule has 0 spiro atoms. The van der Waals surface area contributed by atoms with Crippen LogP contribution in [0.25, 0.3) is 0 Å². The average molecular weight is 531 g/mol. The minimum Gasteiger partial charge on any atom is -0.323 e. The van der Waals surface area contributed by atoms with Gasteiger partial charge in [0.05, 0.1) is 22.0 Å². The Morgan fingerprint density at radius 2 is 1.81 bits per heavy atom. The molecule has 0 aliphatic carbocycles. The number of hydrogen-bond donors (Lipinski definition) is 1. The van der Waals surface area contributed by atoms with Gasteiger partial charge in [0.2, 0.25) is 5.91 Å². The van der Waals surface area contributed by atoms with Gasteiger partial charge in [0.1, 0.15) is 6.54 Å². The molecule has 32 heavy (non-hydrogen) atoms. The van der Waals surface area contributed by atoms with Crippen molar-refractivity contribution in [1.29, 1.82) is 0 Å². The van der Waals surface area contributed by atoms with Crippen LogP contribution in [0.2, 0.25) is 5.02 Å². The zero-order valence-corrected chi connectivity index (χ0v) is 18.1. The van der Waals surface area contributed by atoms with Gasteiger partial charge in [0.25, 0.3) is 11.8 Å². The first kappa shape index (κ1) is 22.2. The maximum absolute atomic E-state index is 12.9. The summed E-state index contributed by atoms with van der Waals surface area (Å²) in [4.78, 5) is 39.0. The van der Waals surface area contributed by atoms with Crippen LogP contribution in [0.5, 0.6) is 0 Å². The topological polar surface area (TPSA) is 94.4 Å². The molecule has 4 rings (SSSR count). The largest absolute Gasteiger partial charge is 0.416 e. The number of fused-ring (bicyclic) bond motifs is 1. The molecular weight excluding hydrogens is 519 g/mol. The highest BCUT2D eigenvalue weighted by molar-refractivity contribution is 9.10. The van der Waals surface area contributed by atoms with Crippen LogP contribution in [0.3, 0.4) is 0 Å². The highest BCUT2D eigenvalue weighted by Crippen LogP contribution is 2.35. The number of anilines is 2. The summed E-state index contributed by atoms with van der Waals surface area (Å²) < 4.78 is 39.5. The molecular formula is C19H12BrClF3N5O3. The van der Waals surface area contributed by atoms with Crippen LogP contribution in [-0.2, 0) is 20.6 Å². The van der Waals surface area contributed by atoms with Crippen LogP contribution in [-0.4, -0.2) is 41.4 Å². The molecule has 1 N–H and O–H groups in total. The number of amides is 3. The van der Waals surface area contributed by atoms with Gasteiger partial charge in [-0.15, -0.1) is 0 Å². The molecule has 8 nitrogen and oxygen atoms in total. The summed E-state index contributed by atoms with van der Waals surface area (Å²) in [5.41, 5.74) is -0.891. The van der Waals surface area contributed by atoms with Gasteiger partial charge in [-0.3, -0.25) is 19.4 Å². The molecule has 0 aromatic heterocycles. The van der Waals surface area contributed by atoms with E-state index in [2.05, 4.69) is 31.6 Å². The summed E-state index contributed by atoms with van der Waals surface area (Å²) >= 11 is 9.16. The normalized spacial score (nSPS) is 20.2. The molecule has 0 radical (unpaired) electrons. The van der Waals surface area contributed by atoms with Gasteiger partial charge >= 0.3 is 6.18 Å². The predicted molar refractivity (Wildman–Crippen MR) is 111 cm³/mol. The van der Waals surface area contributed by atoms with E-state index in [4.69, 9.17) is 11.6 Å². The summed E-state index contributed by atoms with van der Waals surface area (Å²) in [5.74, 6) is -1.99. The monoisotopic (exact) mass is 529 g/mol. The Balaban J connectivity index is 1.49. The Morgan fingerprint density at radius 1 is 1.12 bits per heavy atom. The Morgan fingerprint density at radius 3 is 2.47 bits per heavy atom. The van der Waals surface area contributed by atoms with Crippen molar-refractivity contribution in [3.63, 3.8) is 0 Å². The number of nitrogens with one attached hydrogen (secondary N) is 1. The number of halogens is 5. The molecule has 2 heterocycles. The Labute approximate surface area is 192 Å². The number of imide groups is 1. The molecule has 2 aliphatic heterocycles. The summed E-state index contributed by atoms with van der Waals surface area (Å²) in [6.07, 6.45) is -4.62. The lowest BCUT2D eigenvalue weighted by Crippen LogP contribution is -2.43. The van der Waals surface area contributed by atoms with E-state index < -0.39 is 48.1 Å². The van der Waals surface area contributed by atoms with E-state index in [0.717, 1.165) is 26.5 Å². The molecule has 13 heteroatoms. The highest BCUT2D eigenvalue weighted by atomic mass is 79.9. The lowest BCUT2D eigenvalue weighted by Gasteiger charge is -2.20. The minimum atomic E-state index is -4.62. The van der Waals surface area contributed by atoms with Gasteiger partial charge in [-0.2, -0.15) is 18.3 Å². The number of benzene rings is 2. The van der Waals surface area contributed by atoms with Crippen molar-refractivity contribution < 1.29 is 27.6 Å². The van der Waals surface area contributed by atoms with E-state index in [0.29, 0.717) is 11.8 Å². The molecule has 0 bridgehead atoms. The van der Waals surface area contributed by atoms with E-state index in [-0.39, 0.29) is 10.7 Å². The maximum atomic E-state index is 12.9. The lowest BCUT2D eigenvalue weighted by molar-refractivity contribution is -0.137. The molecule has 1 saturated heterocycles. The van der Waals surface area contributed by atoms with Crippen LogP contribution in [0.1, 0.15) is 5.56 Å². The van der Waals surface area contributed by atoms with Gasteiger partial charge in [0.15, 0.2) is 12.1 Å². The second kappa shape index (κ2) is 8.17. The van der Waals surface area contributed by atoms with E-state index in [1.54, 1.807) is 24.3 Å². The molecule has 2 aromatic carbocycles. The zero-order valence-electron chi connectivity index (χ0n) is 15.8. The Hall–Kier alpha value is -2.99. The molecule has 166 valence electrons. The van der Waals surface area contributed by atoms with Crippen molar-refractivity contribution in [2.45, 2.75) is 18.3 Å². The highest BCUT2D eigenvalue weighted by Gasteiger charge is 2.55. The third kappa shape index (κ3) is 4.07. The fraction of sp³-hybridized carbons (Fsp3) is 0.211. The summed E-state index contributed by atoms with van der Waals surface area (Å²) in [6.45, 7) is -0.523. The summed E-state index contributed by atoms with van der Waals surface area (Å²) in [6, 6.07) is 6.73. The van der Waals surface area contributed by atoms with E-state index in [9.17, 15) is 27.6 Å². The quantitative estimate of drug-likeness (QED) is 0.604. The molecule has 2 atom stereocenters. The maximum Gasteiger partial charge on any atom is 0.416 e. The fourth-order valence-corrected chi connectivity index (χ4v) is 3.76. The number of carbonyl (C=O) groups is 3. The van der Waals surface area contributed by atoms with Crippen molar-refractivity contribution in [1.82, 2.24) is 5.01 Å². The number of rotatable bonds is 4. The van der Waals surface area contributed by atoms with Crippen molar-refractivity contribution in [3.8, 4) is 0 Å². The number of alkyl halides is 3. The first-order valence-electron chi connectivity index (χ1n) is 9.03. The van der Waals surface area contributed by atoms with E-state index >= 15 is 0 Å². The van der Waals surface area contributed by atoms with Crippen LogP contribution >= 0.6 is 27.5 Å². The zero-order chi connectivity index (χ0) is 23.2. The molecule has 2 aliphatic rings. The Bertz CT molecular complexity index is 1140. The number of carbonyl (C=O) groups excluding carboxylic acids is 3. The van der Waals surface area contributed by atoms with Gasteiger partial charge < -0.3 is 5.32 Å². The second-order valence-corrected chi connectivity index (χ2v) is 8.24. The smallest absolute Gasteiger partial charge is 0.323 e. The fourth-order valence-electron chi connectivity index (χ4n) is 3.33. The first-order valence-corrected chi connectivity index (χ1v) is 10.2. The minimum absolute atomic E-state index is 0.0965. The van der Waals surface area contributed by atoms with Crippen molar-refractivity contribution in [2.24, 2.45) is 10.3 Å². The average Bonchev–Trinajstić information content (AvgIpc) is 3.23. The van der Waals surface area contributed by atoms with Gasteiger partial charge in [-0.25, -0.2) is 4.90 Å². The van der Waals surface area contributed by atoms with Crippen molar-refractivity contribution >= 4 is 56.6 Å². The molecule has 3 amide bonds. The van der Waals surface area contributed by atoms with Crippen LogP contribution < -0.4 is 10.2 Å². The second-order valence-electron chi connectivity index (χ2n) is 6.92. The van der Waals surface area contributed by atoms with Gasteiger partial charge in [-0.1, -0.05) is 32.8 Å². The van der Waals surface area contributed by atoms with E-state index in [1.807, 2.05) is 0 Å². The van der Waals surface area contributed by atoms with E-state index in [1.165, 1.54) is 0 Å². The molecule has 0 unspecified atom stereocenters. The third-order valence-electron chi connectivity index (χ3n) is 4.82. The summed E-state index contributed by atoms with van der Waals surface area (Å²) in [7, 11) is 0. The Kier molecular flexibility index (Phi) is 5.67.